The van der Waals surface area contributed by atoms with Crippen LogP contribution in [0.3, 0.4) is 0 Å². The maximum atomic E-state index is 12.2. The molecule has 5 heteroatoms. The molecule has 4 heterocycles. The molecule has 0 aliphatic heterocycles. The standard InChI is InChI=1S/C28H15NO2S2/c30-21-10-11-22(31)19(21)12-15-13-23-27(32-15)25-18-6-3-4-14-8-9-17-16-5-1-2-7-20(16)29(28(25)33-23)26(17)24(14)18/h1-9,12-13H,10-11H2. The van der Waals surface area contributed by atoms with Crippen molar-refractivity contribution in [3.8, 4) is 0 Å². The highest BCUT2D eigenvalue weighted by atomic mass is 32.1. The zero-order chi connectivity index (χ0) is 21.8. The minimum atomic E-state index is -0.0290. The van der Waals surface area contributed by atoms with Crippen molar-refractivity contribution in [2.24, 2.45) is 0 Å². The summed E-state index contributed by atoms with van der Waals surface area (Å²) in [7, 11) is 0. The Bertz CT molecular complexity index is 2000. The number of hydrogen-bond acceptors (Lipinski definition) is 4. The third-order valence-electron chi connectivity index (χ3n) is 6.98. The van der Waals surface area contributed by atoms with E-state index in [1.54, 1.807) is 22.7 Å². The Morgan fingerprint density at radius 2 is 1.61 bits per heavy atom. The van der Waals surface area contributed by atoms with Gasteiger partial charge in [-0.05, 0) is 29.0 Å². The largest absolute Gasteiger partial charge is 0.299 e. The number of fused-ring (bicyclic) bond motifs is 8. The molecule has 0 bridgehead atoms. The topological polar surface area (TPSA) is 38.5 Å². The summed E-state index contributed by atoms with van der Waals surface area (Å²) in [6.45, 7) is 0. The Hall–Kier alpha value is -3.54. The van der Waals surface area contributed by atoms with E-state index in [4.69, 9.17) is 0 Å². The van der Waals surface area contributed by atoms with Crippen molar-refractivity contribution < 1.29 is 9.59 Å². The molecule has 4 aromatic heterocycles. The first-order chi connectivity index (χ1) is 16.2. The number of pyridine rings is 1. The zero-order valence-electron chi connectivity index (χ0n) is 17.3. The van der Waals surface area contributed by atoms with Gasteiger partial charge < -0.3 is 0 Å². The lowest BCUT2D eigenvalue weighted by atomic mass is 10.0. The molecule has 0 saturated heterocycles. The van der Waals surface area contributed by atoms with Crippen LogP contribution in [0, 0.1) is 0 Å². The van der Waals surface area contributed by atoms with Gasteiger partial charge in [0.05, 0.1) is 21.3 Å². The molecule has 1 fully saturated rings. The van der Waals surface area contributed by atoms with E-state index >= 15 is 0 Å². The number of benzene rings is 3. The Morgan fingerprint density at radius 1 is 0.788 bits per heavy atom. The number of rotatable bonds is 1. The first-order valence-corrected chi connectivity index (χ1v) is 12.6. The highest BCUT2D eigenvalue weighted by Gasteiger charge is 2.26. The van der Waals surface area contributed by atoms with Crippen molar-refractivity contribution >= 4 is 97.9 Å². The van der Waals surface area contributed by atoms with Crippen LogP contribution >= 0.6 is 22.7 Å². The molecule has 1 aliphatic carbocycles. The van der Waals surface area contributed by atoms with Crippen molar-refractivity contribution in [3.63, 3.8) is 0 Å². The summed E-state index contributed by atoms with van der Waals surface area (Å²) in [6, 6.07) is 21.8. The zero-order valence-corrected chi connectivity index (χ0v) is 19.0. The first kappa shape index (κ1) is 18.0. The van der Waals surface area contributed by atoms with Crippen LogP contribution in [0.5, 0.6) is 0 Å². The van der Waals surface area contributed by atoms with Gasteiger partial charge in [-0.25, -0.2) is 0 Å². The van der Waals surface area contributed by atoms with Crippen molar-refractivity contribution in [2.45, 2.75) is 12.8 Å². The number of ketones is 2. The van der Waals surface area contributed by atoms with E-state index in [9.17, 15) is 9.59 Å². The molecule has 0 radical (unpaired) electrons. The van der Waals surface area contributed by atoms with Crippen LogP contribution in [0.15, 0.2) is 66.2 Å². The number of allylic oxidation sites excluding steroid dienone is 1. The van der Waals surface area contributed by atoms with E-state index in [1.807, 2.05) is 6.08 Å². The van der Waals surface area contributed by atoms with Crippen LogP contribution in [-0.4, -0.2) is 16.0 Å². The lowest BCUT2D eigenvalue weighted by molar-refractivity contribution is -0.116. The minimum Gasteiger partial charge on any atom is -0.299 e. The van der Waals surface area contributed by atoms with Crippen LogP contribution in [0.1, 0.15) is 17.7 Å². The third-order valence-corrected chi connectivity index (χ3v) is 9.33. The molecule has 7 aromatic rings. The van der Waals surface area contributed by atoms with Gasteiger partial charge in [0.1, 0.15) is 4.83 Å². The maximum absolute atomic E-state index is 12.2. The number of thiophene rings is 2. The first-order valence-electron chi connectivity index (χ1n) is 11.0. The minimum absolute atomic E-state index is 0.0290. The second-order valence-electron chi connectivity index (χ2n) is 8.75. The lowest BCUT2D eigenvalue weighted by Crippen LogP contribution is -1.98. The summed E-state index contributed by atoms with van der Waals surface area (Å²) in [4.78, 5) is 26.5. The van der Waals surface area contributed by atoms with Crippen LogP contribution in [-0.2, 0) is 9.59 Å². The van der Waals surface area contributed by atoms with Gasteiger partial charge in [-0.15, -0.1) is 22.7 Å². The number of aromatic nitrogens is 1. The summed E-state index contributed by atoms with van der Waals surface area (Å²) < 4.78 is 4.87. The monoisotopic (exact) mass is 461 g/mol. The van der Waals surface area contributed by atoms with E-state index in [-0.39, 0.29) is 11.6 Å². The predicted molar refractivity (Wildman–Crippen MR) is 139 cm³/mol. The molecular weight excluding hydrogens is 446 g/mol. The second kappa shape index (κ2) is 6.07. The van der Waals surface area contributed by atoms with Gasteiger partial charge in [-0.1, -0.05) is 48.5 Å². The maximum Gasteiger partial charge on any atom is 0.166 e. The third kappa shape index (κ3) is 2.19. The van der Waals surface area contributed by atoms with Crippen LogP contribution in [0.4, 0.5) is 0 Å². The molecule has 0 unspecified atom stereocenters. The van der Waals surface area contributed by atoms with Crippen molar-refractivity contribution in [3.05, 3.63) is 71.1 Å². The van der Waals surface area contributed by atoms with Gasteiger partial charge in [0.15, 0.2) is 11.6 Å². The predicted octanol–water partition coefficient (Wildman–Crippen LogP) is 7.58. The number of nitrogens with zero attached hydrogens (tertiary/aromatic N) is 1. The van der Waals surface area contributed by atoms with Crippen LogP contribution in [0.2, 0.25) is 0 Å². The van der Waals surface area contributed by atoms with Gasteiger partial charge in [0.25, 0.3) is 0 Å². The number of hydrogen-bond donors (Lipinski definition) is 0. The van der Waals surface area contributed by atoms with E-state index in [0.717, 1.165) is 4.88 Å². The van der Waals surface area contributed by atoms with E-state index in [2.05, 4.69) is 65.1 Å². The summed E-state index contributed by atoms with van der Waals surface area (Å²) in [5.41, 5.74) is 2.88. The fourth-order valence-corrected chi connectivity index (χ4v) is 8.19. The van der Waals surface area contributed by atoms with E-state index in [0.29, 0.717) is 18.4 Å². The fraction of sp³-hybridized carbons (Fsp3) is 0.0714. The number of carbonyl (C=O) groups excluding carboxylic acids is 2. The molecule has 3 aromatic carbocycles. The SMILES string of the molecule is O=C1CCC(=O)C1=Cc1cc2sc3c(c4cccc5ccc6c7ccccc7n3c6c54)c2s1. The normalized spacial score (nSPS) is 15.1. The van der Waals surface area contributed by atoms with E-state index in [1.165, 1.54) is 57.6 Å². The molecule has 33 heavy (non-hydrogen) atoms. The van der Waals surface area contributed by atoms with Gasteiger partial charge in [-0.2, -0.15) is 0 Å². The van der Waals surface area contributed by atoms with Crippen molar-refractivity contribution in [2.75, 3.05) is 0 Å². The molecular formula is C28H15NO2S2. The van der Waals surface area contributed by atoms with Crippen molar-refractivity contribution in [1.82, 2.24) is 4.40 Å². The molecule has 1 aliphatic rings. The molecule has 0 amide bonds. The van der Waals surface area contributed by atoms with Crippen LogP contribution in [0.25, 0.3) is 63.7 Å². The molecule has 0 N–H and O–H groups in total. The average Bonchev–Trinajstić information content (AvgIpc) is 3.55. The molecule has 8 rings (SSSR count). The summed E-state index contributed by atoms with van der Waals surface area (Å²) in [6.07, 6.45) is 2.49. The Kier molecular flexibility index (Phi) is 3.30. The van der Waals surface area contributed by atoms with Crippen LogP contribution < -0.4 is 0 Å². The Morgan fingerprint density at radius 3 is 2.48 bits per heavy atom. The lowest BCUT2D eigenvalue weighted by Gasteiger charge is -2.10. The summed E-state index contributed by atoms with van der Waals surface area (Å²) in [5.74, 6) is -0.0580. The highest BCUT2D eigenvalue weighted by Crippen LogP contribution is 2.48. The fourth-order valence-electron chi connectivity index (χ4n) is 5.56. The average molecular weight is 462 g/mol. The molecule has 156 valence electrons. The molecule has 0 spiro atoms. The Balaban J connectivity index is 1.57. The quantitative estimate of drug-likeness (QED) is 0.187. The smallest absolute Gasteiger partial charge is 0.166 e. The Labute approximate surface area is 195 Å². The van der Waals surface area contributed by atoms with Gasteiger partial charge in [0.2, 0.25) is 0 Å². The second-order valence-corrected chi connectivity index (χ2v) is 10.9. The summed E-state index contributed by atoms with van der Waals surface area (Å²) in [5, 5.41) is 7.64. The molecule has 0 atom stereocenters. The van der Waals surface area contributed by atoms with Gasteiger partial charge >= 0.3 is 0 Å². The van der Waals surface area contributed by atoms with Crippen molar-refractivity contribution in [1.29, 1.82) is 0 Å². The number of carbonyl (C=O) groups is 2. The highest BCUT2D eigenvalue weighted by molar-refractivity contribution is 7.33. The van der Waals surface area contributed by atoms with E-state index < -0.39 is 0 Å². The molecule has 1 saturated carbocycles. The van der Waals surface area contributed by atoms with Gasteiger partial charge in [-0.3, -0.25) is 14.0 Å². The molecule has 3 nitrogen and oxygen atoms in total. The van der Waals surface area contributed by atoms with Gasteiger partial charge in [0, 0.05) is 44.0 Å². The number of Topliss-reactive ketones (excluding diaryl/α,β-unsaturated/α-hetero) is 2. The number of para-hydroxylation sites is 1. The summed E-state index contributed by atoms with van der Waals surface area (Å²) >= 11 is 3.48.